The van der Waals surface area contributed by atoms with Gasteiger partial charge in [-0.15, -0.1) is 29.3 Å². The van der Waals surface area contributed by atoms with Crippen molar-refractivity contribution in [3.05, 3.63) is 45.9 Å². The Kier molecular flexibility index (Phi) is 6.87. The fourth-order valence-corrected chi connectivity index (χ4v) is 5.25. The second kappa shape index (κ2) is 9.34. The summed E-state index contributed by atoms with van der Waals surface area (Å²) in [5.74, 6) is 0.195. The summed E-state index contributed by atoms with van der Waals surface area (Å²) in [6.07, 6.45) is 3.68. The van der Waals surface area contributed by atoms with Crippen LogP contribution in [-0.2, 0) is 11.3 Å². The number of amides is 1. The molecule has 0 aromatic carbocycles. The van der Waals surface area contributed by atoms with Crippen molar-refractivity contribution in [1.29, 1.82) is 0 Å². The van der Waals surface area contributed by atoms with Crippen LogP contribution in [0.4, 0.5) is 0 Å². The van der Waals surface area contributed by atoms with E-state index in [2.05, 4.69) is 23.8 Å². The third-order valence-electron chi connectivity index (χ3n) is 3.94. The molecule has 3 heterocycles. The molecule has 27 heavy (non-hydrogen) atoms. The summed E-state index contributed by atoms with van der Waals surface area (Å²) >= 11 is 4.35. The lowest BCUT2D eigenvalue weighted by molar-refractivity contribution is -0.118. The second-order valence-electron chi connectivity index (χ2n) is 5.90. The maximum Gasteiger partial charge on any atom is 0.263 e. The number of hydrogen-bond acceptors (Lipinski definition) is 6. The number of thiophene rings is 2. The molecule has 1 amide bonds. The Morgan fingerprint density at radius 2 is 2.30 bits per heavy atom. The monoisotopic (exact) mass is 419 g/mol. The molecule has 0 aliphatic rings. The number of unbranched alkanes of at least 4 members (excludes halogenated alkanes) is 1. The van der Waals surface area contributed by atoms with Gasteiger partial charge >= 0.3 is 0 Å². The van der Waals surface area contributed by atoms with E-state index in [1.165, 1.54) is 23.1 Å². The van der Waals surface area contributed by atoms with Gasteiger partial charge in [0.05, 0.1) is 11.1 Å². The number of aromatic nitrogens is 2. The van der Waals surface area contributed by atoms with Crippen LogP contribution < -0.4 is 10.9 Å². The van der Waals surface area contributed by atoms with Gasteiger partial charge in [0.1, 0.15) is 4.83 Å². The lowest BCUT2D eigenvalue weighted by Crippen LogP contribution is -2.27. The zero-order valence-corrected chi connectivity index (χ0v) is 17.5. The number of carbonyl (C=O) groups excluding carboxylic acids is 1. The standard InChI is InChI=1S/C19H21N3O2S3/c1-3-5-8-20-15(23)12-27-19-21-17-16(18(24)22(19)9-4-2)13(11-26-17)14-7-6-10-25-14/h4,6-7,10-11H,2-3,5,8-9,12H2,1H3,(H,20,23). The fourth-order valence-electron chi connectivity index (χ4n) is 2.60. The molecule has 0 aliphatic carbocycles. The normalized spacial score (nSPS) is 11.0. The molecule has 0 fully saturated rings. The van der Waals surface area contributed by atoms with Gasteiger partial charge in [0.15, 0.2) is 5.16 Å². The van der Waals surface area contributed by atoms with E-state index in [-0.39, 0.29) is 17.2 Å². The Balaban J connectivity index is 1.91. The van der Waals surface area contributed by atoms with Gasteiger partial charge in [-0.05, 0) is 17.9 Å². The Hall–Kier alpha value is -1.90. The van der Waals surface area contributed by atoms with E-state index < -0.39 is 0 Å². The number of nitrogens with zero attached hydrogens (tertiary/aromatic N) is 2. The Bertz CT molecular complexity index is 990. The fraction of sp³-hybridized carbons (Fsp3) is 0.316. The molecule has 0 spiro atoms. The molecule has 8 heteroatoms. The first kappa shape index (κ1) is 19.9. The molecule has 142 valence electrons. The van der Waals surface area contributed by atoms with Crippen LogP contribution in [0.5, 0.6) is 0 Å². The van der Waals surface area contributed by atoms with E-state index in [1.54, 1.807) is 22.0 Å². The van der Waals surface area contributed by atoms with E-state index in [0.29, 0.717) is 28.5 Å². The Morgan fingerprint density at radius 3 is 3.00 bits per heavy atom. The highest BCUT2D eigenvalue weighted by Crippen LogP contribution is 2.34. The first-order valence-electron chi connectivity index (χ1n) is 8.72. The van der Waals surface area contributed by atoms with Gasteiger partial charge in [-0.3, -0.25) is 14.2 Å². The molecule has 0 radical (unpaired) electrons. The van der Waals surface area contributed by atoms with Crippen molar-refractivity contribution in [3.8, 4) is 10.4 Å². The van der Waals surface area contributed by atoms with Crippen LogP contribution in [0, 0.1) is 0 Å². The van der Waals surface area contributed by atoms with Crippen LogP contribution >= 0.6 is 34.4 Å². The third-order valence-corrected chi connectivity index (χ3v) is 6.69. The number of fused-ring (bicyclic) bond motifs is 1. The highest BCUT2D eigenvalue weighted by Gasteiger charge is 2.18. The van der Waals surface area contributed by atoms with Crippen molar-refractivity contribution in [2.75, 3.05) is 12.3 Å². The van der Waals surface area contributed by atoms with E-state index in [0.717, 1.165) is 23.3 Å². The van der Waals surface area contributed by atoms with Crippen LogP contribution in [0.1, 0.15) is 19.8 Å². The molecule has 0 aliphatic heterocycles. The number of thioether (sulfide) groups is 1. The molecular formula is C19H21N3O2S3. The molecule has 0 bridgehead atoms. The van der Waals surface area contributed by atoms with Gasteiger partial charge in [0.2, 0.25) is 5.91 Å². The Morgan fingerprint density at radius 1 is 1.44 bits per heavy atom. The van der Waals surface area contributed by atoms with Crippen molar-refractivity contribution in [2.45, 2.75) is 31.5 Å². The minimum absolute atomic E-state index is 0.0431. The Labute approximate surface area is 170 Å². The molecule has 3 aromatic rings. The summed E-state index contributed by atoms with van der Waals surface area (Å²) in [5.41, 5.74) is 0.840. The summed E-state index contributed by atoms with van der Waals surface area (Å²) in [4.78, 5) is 31.6. The minimum atomic E-state index is -0.0848. The van der Waals surface area contributed by atoms with Crippen molar-refractivity contribution in [3.63, 3.8) is 0 Å². The first-order valence-corrected chi connectivity index (χ1v) is 11.5. The van der Waals surface area contributed by atoms with Crippen molar-refractivity contribution >= 4 is 50.6 Å². The number of carbonyl (C=O) groups is 1. The maximum absolute atomic E-state index is 13.1. The third kappa shape index (κ3) is 4.51. The number of nitrogens with one attached hydrogen (secondary N) is 1. The molecule has 5 nitrogen and oxygen atoms in total. The molecule has 0 saturated heterocycles. The van der Waals surface area contributed by atoms with Gasteiger partial charge in [0, 0.05) is 28.9 Å². The predicted octanol–water partition coefficient (Wildman–Crippen LogP) is 4.38. The lowest BCUT2D eigenvalue weighted by Gasteiger charge is -2.10. The summed E-state index contributed by atoms with van der Waals surface area (Å²) in [7, 11) is 0. The smallest absolute Gasteiger partial charge is 0.263 e. The maximum atomic E-state index is 13.1. The van der Waals surface area contributed by atoms with Gasteiger partial charge in [-0.25, -0.2) is 4.98 Å². The van der Waals surface area contributed by atoms with Crippen LogP contribution in [0.15, 0.2) is 45.5 Å². The van der Waals surface area contributed by atoms with Gasteiger partial charge in [0.25, 0.3) is 5.56 Å². The van der Waals surface area contributed by atoms with Gasteiger partial charge in [-0.1, -0.05) is 37.2 Å². The zero-order chi connectivity index (χ0) is 19.2. The van der Waals surface area contributed by atoms with Gasteiger partial charge < -0.3 is 5.32 Å². The van der Waals surface area contributed by atoms with Crippen molar-refractivity contribution in [2.24, 2.45) is 0 Å². The van der Waals surface area contributed by atoms with E-state index in [9.17, 15) is 9.59 Å². The number of allylic oxidation sites excluding steroid dienone is 1. The van der Waals surface area contributed by atoms with Crippen LogP contribution in [0.3, 0.4) is 0 Å². The molecule has 1 N–H and O–H groups in total. The van der Waals surface area contributed by atoms with E-state index in [1.807, 2.05) is 22.9 Å². The molecule has 3 aromatic heterocycles. The topological polar surface area (TPSA) is 64.0 Å². The second-order valence-corrected chi connectivity index (χ2v) is 8.65. The SMILES string of the molecule is C=CCn1c(SCC(=O)NCCCC)nc2scc(-c3cccs3)c2c1=O. The molecule has 0 atom stereocenters. The number of hydrogen-bond donors (Lipinski definition) is 1. The first-order chi connectivity index (χ1) is 13.2. The molecule has 0 saturated carbocycles. The highest BCUT2D eigenvalue weighted by molar-refractivity contribution is 7.99. The summed E-state index contributed by atoms with van der Waals surface area (Å²) in [6.45, 7) is 6.87. The van der Waals surface area contributed by atoms with E-state index in [4.69, 9.17) is 0 Å². The van der Waals surface area contributed by atoms with Crippen LogP contribution in [0.2, 0.25) is 0 Å². The number of rotatable bonds is 9. The minimum Gasteiger partial charge on any atom is -0.355 e. The highest BCUT2D eigenvalue weighted by atomic mass is 32.2. The van der Waals surface area contributed by atoms with Gasteiger partial charge in [-0.2, -0.15) is 0 Å². The quantitative estimate of drug-likeness (QED) is 0.242. The van der Waals surface area contributed by atoms with Crippen LogP contribution in [0.25, 0.3) is 20.7 Å². The average molecular weight is 420 g/mol. The van der Waals surface area contributed by atoms with Crippen molar-refractivity contribution < 1.29 is 4.79 Å². The molecule has 0 unspecified atom stereocenters. The zero-order valence-electron chi connectivity index (χ0n) is 15.1. The lowest BCUT2D eigenvalue weighted by atomic mass is 10.2. The predicted molar refractivity (Wildman–Crippen MR) is 116 cm³/mol. The summed E-state index contributed by atoms with van der Waals surface area (Å²) in [5, 5.41) is 8.06. The van der Waals surface area contributed by atoms with E-state index >= 15 is 0 Å². The molecular weight excluding hydrogens is 398 g/mol. The molecule has 3 rings (SSSR count). The summed E-state index contributed by atoms with van der Waals surface area (Å²) < 4.78 is 1.60. The summed E-state index contributed by atoms with van der Waals surface area (Å²) in [6, 6.07) is 3.98. The van der Waals surface area contributed by atoms with Crippen molar-refractivity contribution in [1.82, 2.24) is 14.9 Å². The van der Waals surface area contributed by atoms with Crippen LogP contribution in [-0.4, -0.2) is 27.8 Å². The largest absolute Gasteiger partial charge is 0.355 e. The average Bonchev–Trinajstić information content (AvgIpc) is 3.32.